The first-order valence-electron chi connectivity index (χ1n) is 4.07. The second-order valence-corrected chi connectivity index (χ2v) is 3.57. The monoisotopic (exact) mass is 137 g/mol. The van der Waals surface area contributed by atoms with E-state index in [1.54, 1.807) is 17.1 Å². The Balaban J connectivity index is 2.88. The van der Waals surface area contributed by atoms with Gasteiger partial charge in [0.15, 0.2) is 0 Å². The molecule has 0 spiro atoms. The van der Waals surface area contributed by atoms with E-state index in [1.807, 2.05) is 0 Å². The summed E-state index contributed by atoms with van der Waals surface area (Å²) in [5.41, 5.74) is 3.13. The lowest BCUT2D eigenvalue weighted by molar-refractivity contribution is 0.503. The summed E-state index contributed by atoms with van der Waals surface area (Å²) in [5.74, 6) is 3.14. The Kier molecular flexibility index (Phi) is 1.80. The number of rotatable bonds is 0. The van der Waals surface area contributed by atoms with Crippen LogP contribution in [-0.2, 0) is 0 Å². The molecule has 0 saturated carbocycles. The standard InChI is InChI=1S/C10H17/c1-6-7(2)9(4)10(5)8(6)3/h6-7H,1-5H3/q+1/t6-,7+. The maximum Gasteiger partial charge on any atom is 0.105 e. The Hall–Kier alpha value is -0.390. The lowest BCUT2D eigenvalue weighted by Crippen LogP contribution is -2.06. The second kappa shape index (κ2) is 2.34. The van der Waals surface area contributed by atoms with Gasteiger partial charge in [0.25, 0.3) is 0 Å². The van der Waals surface area contributed by atoms with E-state index in [0.29, 0.717) is 0 Å². The minimum atomic E-state index is 0.778. The molecule has 0 heterocycles. The van der Waals surface area contributed by atoms with Crippen molar-refractivity contribution < 1.29 is 0 Å². The summed E-state index contributed by atoms with van der Waals surface area (Å²) in [5, 5.41) is 0. The lowest BCUT2D eigenvalue weighted by Gasteiger charge is -2.06. The van der Waals surface area contributed by atoms with E-state index >= 15 is 0 Å². The largest absolute Gasteiger partial charge is 0.105 e. The highest BCUT2D eigenvalue weighted by Gasteiger charge is 2.39. The number of allylic oxidation sites excluding steroid dienone is 2. The molecule has 0 radical (unpaired) electrons. The topological polar surface area (TPSA) is 0 Å². The van der Waals surface area contributed by atoms with Crippen LogP contribution in [-0.4, -0.2) is 0 Å². The van der Waals surface area contributed by atoms with E-state index in [2.05, 4.69) is 34.6 Å². The smallest absolute Gasteiger partial charge is 0.0384 e. The van der Waals surface area contributed by atoms with Gasteiger partial charge in [-0.2, -0.15) is 0 Å². The van der Waals surface area contributed by atoms with Gasteiger partial charge in [0.2, 0.25) is 0 Å². The molecule has 0 aliphatic heterocycles. The van der Waals surface area contributed by atoms with Crippen molar-refractivity contribution in [1.29, 1.82) is 0 Å². The highest BCUT2D eigenvalue weighted by molar-refractivity contribution is 5.35. The van der Waals surface area contributed by atoms with E-state index in [9.17, 15) is 0 Å². The van der Waals surface area contributed by atoms with Crippen LogP contribution in [0.1, 0.15) is 34.6 Å². The van der Waals surface area contributed by atoms with Crippen LogP contribution < -0.4 is 0 Å². The zero-order chi connectivity index (χ0) is 7.89. The molecule has 1 rings (SSSR count). The van der Waals surface area contributed by atoms with Gasteiger partial charge >= 0.3 is 0 Å². The van der Waals surface area contributed by atoms with E-state index in [1.165, 1.54) is 0 Å². The minimum Gasteiger partial charge on any atom is -0.0384 e. The molecule has 1 aliphatic carbocycles. The van der Waals surface area contributed by atoms with Crippen LogP contribution in [0.4, 0.5) is 0 Å². The van der Waals surface area contributed by atoms with Crippen LogP contribution in [0.15, 0.2) is 11.1 Å². The van der Waals surface area contributed by atoms with Gasteiger partial charge in [-0.1, -0.05) is 0 Å². The normalized spacial score (nSPS) is 33.9. The quantitative estimate of drug-likeness (QED) is 0.450. The third-order valence-electron chi connectivity index (χ3n) is 3.30. The first-order chi connectivity index (χ1) is 4.55. The fourth-order valence-corrected chi connectivity index (χ4v) is 1.74. The zero-order valence-electron chi connectivity index (χ0n) is 7.65. The van der Waals surface area contributed by atoms with Gasteiger partial charge < -0.3 is 0 Å². The number of hydrogen-bond acceptors (Lipinski definition) is 0. The summed E-state index contributed by atoms with van der Waals surface area (Å²) in [6.45, 7) is 11.4. The fourth-order valence-electron chi connectivity index (χ4n) is 1.74. The Morgan fingerprint density at radius 3 is 1.80 bits per heavy atom. The minimum absolute atomic E-state index is 0.778. The van der Waals surface area contributed by atoms with Crippen LogP contribution in [0.5, 0.6) is 0 Å². The molecule has 0 aromatic rings. The van der Waals surface area contributed by atoms with Crippen LogP contribution in [0.2, 0.25) is 0 Å². The molecule has 0 aromatic heterocycles. The van der Waals surface area contributed by atoms with Gasteiger partial charge in [0.05, 0.1) is 23.3 Å². The Morgan fingerprint density at radius 2 is 1.70 bits per heavy atom. The van der Waals surface area contributed by atoms with Gasteiger partial charge in [0, 0.05) is 13.8 Å². The molecule has 56 valence electrons. The summed E-state index contributed by atoms with van der Waals surface area (Å²) >= 11 is 0. The highest BCUT2D eigenvalue weighted by atomic mass is 14.3. The first-order valence-corrected chi connectivity index (χ1v) is 4.07. The SMILES string of the molecule is CC1=C(C)[C@@H](C)[C@@H](C)[C+]1C. The van der Waals surface area contributed by atoms with Gasteiger partial charge in [-0.3, -0.25) is 0 Å². The van der Waals surface area contributed by atoms with Gasteiger partial charge in [-0.25, -0.2) is 0 Å². The van der Waals surface area contributed by atoms with E-state index in [4.69, 9.17) is 0 Å². The van der Waals surface area contributed by atoms with E-state index < -0.39 is 0 Å². The molecule has 0 bridgehead atoms. The van der Waals surface area contributed by atoms with E-state index in [-0.39, 0.29) is 0 Å². The van der Waals surface area contributed by atoms with Crippen molar-refractivity contribution in [3.05, 3.63) is 17.1 Å². The number of hydrogen-bond donors (Lipinski definition) is 0. The zero-order valence-corrected chi connectivity index (χ0v) is 7.65. The Bertz CT molecular complexity index is 147. The molecule has 1 aliphatic rings. The average molecular weight is 137 g/mol. The van der Waals surface area contributed by atoms with Crippen molar-refractivity contribution in [2.45, 2.75) is 34.6 Å². The van der Waals surface area contributed by atoms with Crippen molar-refractivity contribution in [2.75, 3.05) is 0 Å². The molecule has 0 heteroatoms. The van der Waals surface area contributed by atoms with Crippen molar-refractivity contribution in [1.82, 2.24) is 0 Å². The molecular weight excluding hydrogens is 120 g/mol. The third-order valence-corrected chi connectivity index (χ3v) is 3.30. The molecule has 0 saturated heterocycles. The van der Waals surface area contributed by atoms with Crippen LogP contribution in [0, 0.1) is 17.8 Å². The van der Waals surface area contributed by atoms with Gasteiger partial charge in [0.1, 0.15) is 5.57 Å². The predicted octanol–water partition coefficient (Wildman–Crippen LogP) is 3.20. The molecular formula is C10H17+. The maximum absolute atomic E-state index is 2.32. The molecule has 10 heavy (non-hydrogen) atoms. The lowest BCUT2D eigenvalue weighted by atomic mass is 9.90. The average Bonchev–Trinajstić information content (AvgIpc) is 2.07. The van der Waals surface area contributed by atoms with Crippen molar-refractivity contribution in [3.8, 4) is 0 Å². The summed E-state index contributed by atoms with van der Waals surface area (Å²) in [6, 6.07) is 0. The third kappa shape index (κ3) is 0.865. The molecule has 0 fully saturated rings. The Labute approximate surface area is 64.3 Å². The second-order valence-electron chi connectivity index (χ2n) is 3.57. The molecule has 0 unspecified atom stereocenters. The molecule has 0 aromatic carbocycles. The van der Waals surface area contributed by atoms with Crippen molar-refractivity contribution >= 4 is 0 Å². The highest BCUT2D eigenvalue weighted by Crippen LogP contribution is 2.41. The summed E-state index contributed by atoms with van der Waals surface area (Å²) in [6.07, 6.45) is 0. The van der Waals surface area contributed by atoms with Crippen molar-refractivity contribution in [2.24, 2.45) is 11.8 Å². The van der Waals surface area contributed by atoms with Crippen LogP contribution in [0.3, 0.4) is 0 Å². The van der Waals surface area contributed by atoms with Gasteiger partial charge in [-0.15, -0.1) is 0 Å². The molecule has 0 N–H and O–H groups in total. The summed E-state index contributed by atoms with van der Waals surface area (Å²) < 4.78 is 0. The first kappa shape index (κ1) is 7.71. The fraction of sp³-hybridized carbons (Fsp3) is 0.700. The molecule has 2 atom stereocenters. The Morgan fingerprint density at radius 1 is 1.20 bits per heavy atom. The van der Waals surface area contributed by atoms with Crippen LogP contribution in [0.25, 0.3) is 0 Å². The molecule has 0 amide bonds. The summed E-state index contributed by atoms with van der Waals surface area (Å²) in [4.78, 5) is 0. The van der Waals surface area contributed by atoms with Crippen molar-refractivity contribution in [3.63, 3.8) is 0 Å². The van der Waals surface area contributed by atoms with Crippen LogP contribution >= 0.6 is 0 Å². The predicted molar refractivity (Wildman–Crippen MR) is 45.6 cm³/mol. The van der Waals surface area contributed by atoms with E-state index in [0.717, 1.165) is 11.8 Å². The summed E-state index contributed by atoms with van der Waals surface area (Å²) in [7, 11) is 0. The van der Waals surface area contributed by atoms with Gasteiger partial charge in [-0.05, 0) is 20.8 Å². The molecule has 0 nitrogen and oxygen atoms in total. The maximum atomic E-state index is 2.32.